The third kappa shape index (κ3) is 4.15. The van der Waals surface area contributed by atoms with Gasteiger partial charge in [-0.05, 0) is 105 Å². The Balaban J connectivity index is 0.000000403. The first-order valence-electron chi connectivity index (χ1n) is 10.9. The van der Waals surface area contributed by atoms with Crippen LogP contribution in [-0.2, 0) is 10.4 Å². The van der Waals surface area contributed by atoms with Crippen LogP contribution < -0.4 is 0 Å². The number of aliphatic hydroxyl groups excluding tert-OH is 2. The molecule has 1 unspecified atom stereocenters. The van der Waals surface area contributed by atoms with Crippen LogP contribution in [0.5, 0.6) is 0 Å². The van der Waals surface area contributed by atoms with Crippen molar-refractivity contribution < 1.29 is 27.7 Å². The Morgan fingerprint density at radius 3 is 2.07 bits per heavy atom. The zero-order chi connectivity index (χ0) is 20.9. The highest BCUT2D eigenvalue weighted by atomic mass is 32.3. The Bertz CT molecular complexity index is 656. The monoisotopic (exact) mass is 418 g/mol. The van der Waals surface area contributed by atoms with Gasteiger partial charge in [-0.2, -0.15) is 8.42 Å². The minimum Gasteiger partial charge on any atom is -0.393 e. The summed E-state index contributed by atoms with van der Waals surface area (Å²) in [6.07, 6.45) is 11.1. The van der Waals surface area contributed by atoms with E-state index >= 15 is 0 Å². The zero-order valence-electron chi connectivity index (χ0n) is 17.4. The van der Waals surface area contributed by atoms with Gasteiger partial charge in [0.2, 0.25) is 0 Å². The maximum absolute atomic E-state index is 10.3. The molecule has 4 fully saturated rings. The standard InChI is InChI=1S/C21H36O2.H2O4S/c1-13(22)17-6-7-18-16-5-4-14-12-15(23)8-10-20(14,2)19(16)9-11-21(17,18)3;1-5(2,3)4/h13-19,22-23H,4-12H2,1-3H3;(H2,1,2,3,4)/t13-,14+,15+,16+,17?,18+,19+,20+,21-;/m1./s1. The number of aliphatic hydroxyl groups is 2. The summed E-state index contributed by atoms with van der Waals surface area (Å²) in [5.41, 5.74) is 0.860. The molecule has 4 aliphatic rings. The summed E-state index contributed by atoms with van der Waals surface area (Å²) >= 11 is 0. The van der Waals surface area contributed by atoms with Crippen LogP contribution in [0.4, 0.5) is 0 Å². The molecule has 0 heterocycles. The molecule has 0 saturated heterocycles. The SMILES string of the molecule is C[C@@H](O)C1CC[C@H]2[C@@H]3CC[C@H]4C[C@@H](O)CC[C@]4(C)[C@H]3CC[C@]12C.O=S(=O)(O)O. The van der Waals surface area contributed by atoms with Crippen molar-refractivity contribution in [3.05, 3.63) is 0 Å². The van der Waals surface area contributed by atoms with E-state index in [9.17, 15) is 10.2 Å². The van der Waals surface area contributed by atoms with Crippen molar-refractivity contribution in [3.8, 4) is 0 Å². The Morgan fingerprint density at radius 1 is 0.893 bits per heavy atom. The van der Waals surface area contributed by atoms with Crippen LogP contribution in [0.2, 0.25) is 0 Å². The molecule has 4 rings (SSSR count). The second kappa shape index (κ2) is 7.80. The second-order valence-electron chi connectivity index (χ2n) is 10.5. The van der Waals surface area contributed by atoms with E-state index in [0.29, 0.717) is 16.7 Å². The first-order valence-corrected chi connectivity index (χ1v) is 12.3. The van der Waals surface area contributed by atoms with Gasteiger partial charge in [0, 0.05) is 0 Å². The number of fused-ring (bicyclic) bond motifs is 5. The van der Waals surface area contributed by atoms with E-state index in [0.717, 1.165) is 36.5 Å². The van der Waals surface area contributed by atoms with Crippen LogP contribution in [-0.4, -0.2) is 39.9 Å². The second-order valence-corrected chi connectivity index (χ2v) is 11.4. The molecular formula is C21H38O6S. The smallest absolute Gasteiger partial charge is 0.393 e. The van der Waals surface area contributed by atoms with Crippen LogP contribution in [0.15, 0.2) is 0 Å². The van der Waals surface area contributed by atoms with Crippen molar-refractivity contribution in [3.63, 3.8) is 0 Å². The van der Waals surface area contributed by atoms with Gasteiger partial charge in [-0.3, -0.25) is 9.11 Å². The molecule has 6 nitrogen and oxygen atoms in total. The van der Waals surface area contributed by atoms with Gasteiger partial charge in [-0.25, -0.2) is 0 Å². The van der Waals surface area contributed by atoms with Crippen LogP contribution in [0.25, 0.3) is 0 Å². The number of hydrogen-bond acceptors (Lipinski definition) is 4. The first-order chi connectivity index (χ1) is 12.9. The van der Waals surface area contributed by atoms with Crippen LogP contribution in [0.3, 0.4) is 0 Å². The number of hydrogen-bond donors (Lipinski definition) is 4. The quantitative estimate of drug-likeness (QED) is 0.482. The molecule has 0 spiro atoms. The summed E-state index contributed by atoms with van der Waals surface area (Å²) in [4.78, 5) is 0. The fourth-order valence-electron chi connectivity index (χ4n) is 8.07. The third-order valence-electron chi connectivity index (χ3n) is 9.29. The van der Waals surface area contributed by atoms with E-state index in [-0.39, 0.29) is 12.2 Å². The van der Waals surface area contributed by atoms with Gasteiger partial charge < -0.3 is 10.2 Å². The van der Waals surface area contributed by atoms with Gasteiger partial charge in [0.05, 0.1) is 12.2 Å². The summed E-state index contributed by atoms with van der Waals surface area (Å²) in [6.45, 7) is 7.08. The lowest BCUT2D eigenvalue weighted by atomic mass is 9.44. The summed E-state index contributed by atoms with van der Waals surface area (Å²) in [5.74, 6) is 3.87. The fourth-order valence-corrected chi connectivity index (χ4v) is 8.07. The molecule has 4 saturated carbocycles. The minimum absolute atomic E-state index is 0.0374. The molecule has 0 aromatic carbocycles. The topological polar surface area (TPSA) is 115 Å². The molecule has 9 atom stereocenters. The summed E-state index contributed by atoms with van der Waals surface area (Å²) in [7, 11) is -4.67. The minimum atomic E-state index is -4.67. The lowest BCUT2D eigenvalue weighted by Crippen LogP contribution is -2.54. The molecule has 0 aliphatic heterocycles. The fraction of sp³-hybridized carbons (Fsp3) is 1.00. The molecule has 4 aliphatic carbocycles. The molecule has 28 heavy (non-hydrogen) atoms. The maximum atomic E-state index is 10.3. The molecular weight excluding hydrogens is 380 g/mol. The Kier molecular flexibility index (Phi) is 6.26. The Morgan fingerprint density at radius 2 is 1.46 bits per heavy atom. The van der Waals surface area contributed by atoms with Crippen molar-refractivity contribution in [2.45, 2.75) is 90.8 Å². The van der Waals surface area contributed by atoms with E-state index in [4.69, 9.17) is 17.5 Å². The van der Waals surface area contributed by atoms with Gasteiger partial charge in [-0.1, -0.05) is 13.8 Å². The average Bonchev–Trinajstić information content (AvgIpc) is 2.91. The van der Waals surface area contributed by atoms with Gasteiger partial charge in [0.25, 0.3) is 0 Å². The van der Waals surface area contributed by atoms with Crippen molar-refractivity contribution >= 4 is 10.4 Å². The van der Waals surface area contributed by atoms with Crippen LogP contribution in [0, 0.1) is 40.4 Å². The van der Waals surface area contributed by atoms with Gasteiger partial charge in [0.1, 0.15) is 0 Å². The first kappa shape index (κ1) is 22.5. The third-order valence-corrected chi connectivity index (χ3v) is 9.29. The highest BCUT2D eigenvalue weighted by molar-refractivity contribution is 7.79. The number of rotatable bonds is 1. The van der Waals surface area contributed by atoms with E-state index in [2.05, 4.69) is 13.8 Å². The van der Waals surface area contributed by atoms with E-state index in [1.807, 2.05) is 6.92 Å². The van der Waals surface area contributed by atoms with Crippen molar-refractivity contribution in [2.24, 2.45) is 40.4 Å². The summed E-state index contributed by atoms with van der Waals surface area (Å²) in [5, 5.41) is 20.4. The predicted octanol–water partition coefficient (Wildman–Crippen LogP) is 3.73. The highest BCUT2D eigenvalue weighted by Gasteiger charge is 2.60. The molecule has 164 valence electrons. The van der Waals surface area contributed by atoms with Crippen LogP contribution >= 0.6 is 0 Å². The lowest BCUT2D eigenvalue weighted by molar-refractivity contribution is -0.132. The maximum Gasteiger partial charge on any atom is 0.394 e. The predicted molar refractivity (Wildman–Crippen MR) is 107 cm³/mol. The van der Waals surface area contributed by atoms with Crippen molar-refractivity contribution in [1.82, 2.24) is 0 Å². The average molecular weight is 419 g/mol. The molecule has 0 radical (unpaired) electrons. The molecule has 0 amide bonds. The van der Waals surface area contributed by atoms with E-state index < -0.39 is 10.4 Å². The van der Waals surface area contributed by atoms with Gasteiger partial charge in [-0.15, -0.1) is 0 Å². The summed E-state index contributed by atoms with van der Waals surface area (Å²) < 4.78 is 31.6. The Labute approximate surface area is 169 Å². The van der Waals surface area contributed by atoms with Crippen molar-refractivity contribution in [1.29, 1.82) is 0 Å². The van der Waals surface area contributed by atoms with Crippen LogP contribution in [0.1, 0.15) is 78.6 Å². The Hall–Kier alpha value is -0.210. The molecule has 4 N–H and O–H groups in total. The van der Waals surface area contributed by atoms with E-state index in [1.54, 1.807) is 0 Å². The van der Waals surface area contributed by atoms with Gasteiger partial charge in [0.15, 0.2) is 0 Å². The molecule has 0 aromatic heterocycles. The molecule has 7 heteroatoms. The largest absolute Gasteiger partial charge is 0.394 e. The molecule has 0 aromatic rings. The van der Waals surface area contributed by atoms with E-state index in [1.165, 1.54) is 44.9 Å². The highest BCUT2D eigenvalue weighted by Crippen LogP contribution is 2.67. The lowest BCUT2D eigenvalue weighted by Gasteiger charge is -2.61. The zero-order valence-corrected chi connectivity index (χ0v) is 18.2. The molecule has 0 bridgehead atoms. The summed E-state index contributed by atoms with van der Waals surface area (Å²) in [6, 6.07) is 0. The normalized spacial score (nSPS) is 49.1. The van der Waals surface area contributed by atoms with Gasteiger partial charge >= 0.3 is 10.4 Å². The van der Waals surface area contributed by atoms with Crippen molar-refractivity contribution in [2.75, 3.05) is 0 Å².